The van der Waals surface area contributed by atoms with Gasteiger partial charge in [0.2, 0.25) is 17.6 Å². The van der Waals surface area contributed by atoms with Crippen LogP contribution in [0.2, 0.25) is 0 Å². The Morgan fingerprint density at radius 2 is 1.92 bits per heavy atom. The van der Waals surface area contributed by atoms with Gasteiger partial charge in [0.05, 0.1) is 0 Å². The Hall–Kier alpha value is -2.95. The summed E-state index contributed by atoms with van der Waals surface area (Å²) in [5.74, 6) is 1.14. The number of carbonyl (C=O) groups is 1. The van der Waals surface area contributed by atoms with Crippen LogP contribution in [0.25, 0.3) is 11.4 Å². The molecule has 0 atom stereocenters. The number of amides is 1. The summed E-state index contributed by atoms with van der Waals surface area (Å²) in [6.07, 6.45) is 1.74. The first-order valence-corrected chi connectivity index (χ1v) is 8.41. The number of aryl methyl sites for hydroxylation is 2. The Morgan fingerprint density at radius 3 is 2.72 bits per heavy atom. The number of carbonyl (C=O) groups excluding carboxylic acids is 1. The van der Waals surface area contributed by atoms with E-state index in [9.17, 15) is 4.79 Å². The van der Waals surface area contributed by atoms with Crippen molar-refractivity contribution >= 4 is 5.91 Å². The van der Waals surface area contributed by atoms with Gasteiger partial charge in [-0.3, -0.25) is 4.79 Å². The van der Waals surface area contributed by atoms with Crippen LogP contribution in [-0.2, 0) is 17.6 Å². The van der Waals surface area contributed by atoms with Crippen LogP contribution in [0.3, 0.4) is 0 Å². The van der Waals surface area contributed by atoms with Gasteiger partial charge >= 0.3 is 0 Å². The first kappa shape index (κ1) is 16.9. The summed E-state index contributed by atoms with van der Waals surface area (Å²) in [4.78, 5) is 16.3. The van der Waals surface area contributed by atoms with Crippen LogP contribution in [0.1, 0.15) is 23.4 Å². The summed E-state index contributed by atoms with van der Waals surface area (Å²) in [6, 6.07) is 17.9. The summed E-state index contributed by atoms with van der Waals surface area (Å²) in [6.45, 7) is 2.51. The fraction of sp³-hybridized carbons (Fsp3) is 0.250. The van der Waals surface area contributed by atoms with Crippen LogP contribution in [-0.4, -0.2) is 22.6 Å². The predicted octanol–water partition coefficient (Wildman–Crippen LogP) is 3.34. The molecule has 0 fully saturated rings. The van der Waals surface area contributed by atoms with E-state index in [1.54, 1.807) is 0 Å². The minimum Gasteiger partial charge on any atom is -0.356 e. The lowest BCUT2D eigenvalue weighted by atomic mass is 10.1. The van der Waals surface area contributed by atoms with E-state index in [-0.39, 0.29) is 5.91 Å². The molecule has 3 aromatic rings. The van der Waals surface area contributed by atoms with Gasteiger partial charge in [-0.05, 0) is 25.0 Å². The van der Waals surface area contributed by atoms with Gasteiger partial charge < -0.3 is 9.84 Å². The van der Waals surface area contributed by atoms with Gasteiger partial charge in [-0.1, -0.05) is 59.3 Å². The van der Waals surface area contributed by atoms with Crippen LogP contribution < -0.4 is 5.32 Å². The predicted molar refractivity (Wildman–Crippen MR) is 95.9 cm³/mol. The van der Waals surface area contributed by atoms with Crippen molar-refractivity contribution in [3.63, 3.8) is 0 Å². The molecule has 128 valence electrons. The lowest BCUT2D eigenvalue weighted by Crippen LogP contribution is -2.25. The fourth-order valence-corrected chi connectivity index (χ4v) is 2.56. The molecule has 1 aromatic heterocycles. The molecule has 0 radical (unpaired) electrons. The van der Waals surface area contributed by atoms with E-state index in [4.69, 9.17) is 4.52 Å². The number of nitrogens with one attached hydrogen (secondary N) is 1. The average Bonchev–Trinajstić information content (AvgIpc) is 3.10. The molecule has 0 unspecified atom stereocenters. The lowest BCUT2D eigenvalue weighted by Gasteiger charge is -2.03. The minimum absolute atomic E-state index is 0.0299. The molecule has 0 saturated heterocycles. The Bertz CT molecular complexity index is 828. The van der Waals surface area contributed by atoms with Gasteiger partial charge in [-0.25, -0.2) is 0 Å². The molecule has 1 N–H and O–H groups in total. The first-order chi connectivity index (χ1) is 12.2. The highest BCUT2D eigenvalue weighted by molar-refractivity contribution is 5.76. The second-order valence-corrected chi connectivity index (χ2v) is 5.97. The van der Waals surface area contributed by atoms with Crippen LogP contribution >= 0.6 is 0 Å². The van der Waals surface area contributed by atoms with Crippen LogP contribution in [0.4, 0.5) is 0 Å². The molecule has 5 heteroatoms. The van der Waals surface area contributed by atoms with E-state index in [0.29, 0.717) is 31.1 Å². The lowest BCUT2D eigenvalue weighted by molar-refractivity contribution is -0.121. The second kappa shape index (κ2) is 8.24. The smallest absolute Gasteiger partial charge is 0.228 e. The van der Waals surface area contributed by atoms with Crippen molar-refractivity contribution in [2.45, 2.75) is 26.2 Å². The maximum absolute atomic E-state index is 11.9. The van der Waals surface area contributed by atoms with Gasteiger partial charge in [0.25, 0.3) is 0 Å². The molecule has 0 aliphatic rings. The molecule has 1 heterocycles. The van der Waals surface area contributed by atoms with E-state index in [2.05, 4.69) is 15.5 Å². The SMILES string of the molecule is Cc1cccc(-c2noc(CCNC(=O)CCc3ccccc3)n2)c1. The van der Waals surface area contributed by atoms with Crippen molar-refractivity contribution in [1.29, 1.82) is 0 Å². The Labute approximate surface area is 147 Å². The third kappa shape index (κ3) is 5.01. The number of benzene rings is 2. The second-order valence-electron chi connectivity index (χ2n) is 5.97. The minimum atomic E-state index is 0.0299. The van der Waals surface area contributed by atoms with Gasteiger partial charge in [-0.15, -0.1) is 0 Å². The van der Waals surface area contributed by atoms with Gasteiger partial charge in [0.1, 0.15) is 0 Å². The van der Waals surface area contributed by atoms with Crippen LogP contribution in [0.15, 0.2) is 59.1 Å². The highest BCUT2D eigenvalue weighted by Crippen LogP contribution is 2.16. The normalized spacial score (nSPS) is 10.6. The molecule has 0 bridgehead atoms. The van der Waals surface area contributed by atoms with Crippen molar-refractivity contribution in [1.82, 2.24) is 15.5 Å². The third-order valence-electron chi connectivity index (χ3n) is 3.89. The van der Waals surface area contributed by atoms with Gasteiger partial charge in [0, 0.05) is 24.9 Å². The fourth-order valence-electron chi connectivity index (χ4n) is 2.56. The third-order valence-corrected chi connectivity index (χ3v) is 3.89. The van der Waals surface area contributed by atoms with E-state index in [1.165, 1.54) is 0 Å². The molecule has 25 heavy (non-hydrogen) atoms. The number of hydrogen-bond acceptors (Lipinski definition) is 4. The number of rotatable bonds is 7. The summed E-state index contributed by atoms with van der Waals surface area (Å²) in [5.41, 5.74) is 3.24. The molecule has 0 aliphatic heterocycles. The van der Waals surface area contributed by atoms with Crippen molar-refractivity contribution in [2.24, 2.45) is 0 Å². The largest absolute Gasteiger partial charge is 0.356 e. The van der Waals surface area contributed by atoms with Gasteiger partial charge in [0.15, 0.2) is 0 Å². The van der Waals surface area contributed by atoms with E-state index < -0.39 is 0 Å². The molecule has 0 spiro atoms. The molecule has 3 rings (SSSR count). The number of aromatic nitrogens is 2. The van der Waals surface area contributed by atoms with Gasteiger partial charge in [-0.2, -0.15) is 4.98 Å². The molecular formula is C20H21N3O2. The topological polar surface area (TPSA) is 68.0 Å². The average molecular weight is 335 g/mol. The monoisotopic (exact) mass is 335 g/mol. The summed E-state index contributed by atoms with van der Waals surface area (Å²) in [5, 5.41) is 6.90. The molecule has 1 amide bonds. The van der Waals surface area contributed by atoms with Crippen molar-refractivity contribution in [3.05, 3.63) is 71.6 Å². The molecule has 2 aromatic carbocycles. The zero-order chi connectivity index (χ0) is 17.5. The summed E-state index contributed by atoms with van der Waals surface area (Å²) in [7, 11) is 0. The molecular weight excluding hydrogens is 314 g/mol. The number of nitrogens with zero attached hydrogens (tertiary/aromatic N) is 2. The Kier molecular flexibility index (Phi) is 5.57. The van der Waals surface area contributed by atoms with Crippen molar-refractivity contribution in [3.8, 4) is 11.4 Å². The zero-order valence-electron chi connectivity index (χ0n) is 14.2. The quantitative estimate of drug-likeness (QED) is 0.719. The number of hydrogen-bond donors (Lipinski definition) is 1. The van der Waals surface area contributed by atoms with Crippen molar-refractivity contribution < 1.29 is 9.32 Å². The van der Waals surface area contributed by atoms with E-state index in [0.717, 1.165) is 23.1 Å². The Morgan fingerprint density at radius 1 is 1.08 bits per heavy atom. The summed E-state index contributed by atoms with van der Waals surface area (Å²) < 4.78 is 5.26. The molecule has 0 saturated carbocycles. The molecule has 5 nitrogen and oxygen atoms in total. The molecule has 0 aliphatic carbocycles. The van der Waals surface area contributed by atoms with Crippen molar-refractivity contribution in [2.75, 3.05) is 6.54 Å². The summed E-state index contributed by atoms with van der Waals surface area (Å²) >= 11 is 0. The maximum atomic E-state index is 11.9. The maximum Gasteiger partial charge on any atom is 0.228 e. The van der Waals surface area contributed by atoms with E-state index >= 15 is 0 Å². The highest BCUT2D eigenvalue weighted by atomic mass is 16.5. The zero-order valence-corrected chi connectivity index (χ0v) is 14.2. The first-order valence-electron chi connectivity index (χ1n) is 8.41. The highest BCUT2D eigenvalue weighted by Gasteiger charge is 2.09. The van der Waals surface area contributed by atoms with E-state index in [1.807, 2.05) is 61.5 Å². The van der Waals surface area contributed by atoms with Crippen LogP contribution in [0, 0.1) is 6.92 Å². The Balaban J connectivity index is 1.44. The van der Waals surface area contributed by atoms with Crippen LogP contribution in [0.5, 0.6) is 0 Å². The standard InChI is InChI=1S/C20H21N3O2/c1-15-6-5-9-17(14-15)20-22-19(25-23-20)12-13-21-18(24)11-10-16-7-3-2-4-8-16/h2-9,14H,10-13H2,1H3,(H,21,24).